The van der Waals surface area contributed by atoms with E-state index in [1.165, 1.54) is 12.8 Å². The van der Waals surface area contributed by atoms with Gasteiger partial charge >= 0.3 is 0 Å². The van der Waals surface area contributed by atoms with Gasteiger partial charge in [0.2, 0.25) is 15.9 Å². The fourth-order valence-corrected chi connectivity index (χ4v) is 5.15. The monoisotopic (exact) mass is 418 g/mol. The van der Waals surface area contributed by atoms with Crippen LogP contribution in [0.3, 0.4) is 0 Å². The summed E-state index contributed by atoms with van der Waals surface area (Å²) in [4.78, 5) is 32.0. The summed E-state index contributed by atoms with van der Waals surface area (Å²) in [5.41, 5.74) is 1.69. The zero-order chi connectivity index (χ0) is 20.9. The fraction of sp³-hybridized carbons (Fsp3) is 0.550. The number of aromatic nitrogens is 1. The van der Waals surface area contributed by atoms with Crippen molar-refractivity contribution >= 4 is 21.8 Å². The molecule has 1 saturated heterocycles. The SMILES string of the molecule is CC(C)[C@H]1C(=O)N(S(C)(=O)=O)C2=CCN(C(=O)c3ccc(CNC4CC4)nc3)[C@@H]21. The molecule has 1 N–H and O–H groups in total. The predicted molar refractivity (Wildman–Crippen MR) is 107 cm³/mol. The number of hydrogen-bond acceptors (Lipinski definition) is 6. The Morgan fingerprint density at radius 3 is 2.59 bits per heavy atom. The van der Waals surface area contributed by atoms with E-state index >= 15 is 0 Å². The summed E-state index contributed by atoms with van der Waals surface area (Å²) in [7, 11) is -3.74. The number of rotatable bonds is 6. The third kappa shape index (κ3) is 3.69. The molecule has 1 aromatic rings. The zero-order valence-electron chi connectivity index (χ0n) is 16.8. The van der Waals surface area contributed by atoms with Gasteiger partial charge in [0.1, 0.15) is 0 Å². The van der Waals surface area contributed by atoms with Crippen LogP contribution in [-0.4, -0.2) is 59.3 Å². The Kier molecular flexibility index (Phi) is 4.98. The van der Waals surface area contributed by atoms with Crippen LogP contribution >= 0.6 is 0 Å². The first kappa shape index (κ1) is 20.0. The van der Waals surface area contributed by atoms with Crippen molar-refractivity contribution in [3.63, 3.8) is 0 Å². The van der Waals surface area contributed by atoms with Crippen LogP contribution < -0.4 is 5.32 Å². The highest BCUT2D eigenvalue weighted by Crippen LogP contribution is 2.41. The van der Waals surface area contributed by atoms with E-state index < -0.39 is 27.9 Å². The Bertz CT molecular complexity index is 967. The van der Waals surface area contributed by atoms with Crippen molar-refractivity contribution in [3.8, 4) is 0 Å². The van der Waals surface area contributed by atoms with Gasteiger partial charge in [-0.1, -0.05) is 13.8 Å². The molecule has 0 aromatic carbocycles. The number of nitrogens with zero attached hydrogens (tertiary/aromatic N) is 3. The summed E-state index contributed by atoms with van der Waals surface area (Å²) >= 11 is 0. The highest BCUT2D eigenvalue weighted by molar-refractivity contribution is 7.89. The van der Waals surface area contributed by atoms with Crippen LogP contribution in [-0.2, 0) is 21.4 Å². The molecule has 29 heavy (non-hydrogen) atoms. The molecule has 1 saturated carbocycles. The van der Waals surface area contributed by atoms with Crippen molar-refractivity contribution in [1.82, 2.24) is 19.5 Å². The first-order chi connectivity index (χ1) is 13.7. The van der Waals surface area contributed by atoms with Crippen molar-refractivity contribution in [2.45, 2.75) is 45.3 Å². The first-order valence-electron chi connectivity index (χ1n) is 9.92. The standard InChI is InChI=1S/C20H26N4O4S/c1-12(2)17-18-16(24(20(17)26)29(3,27)28)8-9-23(18)19(25)13-4-5-15(21-10-13)11-22-14-6-7-14/h4-5,8,10,12,14,17-18,22H,6-7,9,11H2,1-3H3/t17-,18+/m1/s1. The minimum absolute atomic E-state index is 0.106. The van der Waals surface area contributed by atoms with E-state index in [-0.39, 0.29) is 18.4 Å². The Morgan fingerprint density at radius 1 is 1.31 bits per heavy atom. The van der Waals surface area contributed by atoms with Gasteiger partial charge in [-0.3, -0.25) is 14.6 Å². The Morgan fingerprint density at radius 2 is 2.03 bits per heavy atom. The van der Waals surface area contributed by atoms with Crippen LogP contribution in [0.4, 0.5) is 0 Å². The molecule has 0 radical (unpaired) electrons. The van der Waals surface area contributed by atoms with E-state index in [9.17, 15) is 18.0 Å². The van der Waals surface area contributed by atoms with Gasteiger partial charge in [0.15, 0.2) is 0 Å². The molecule has 2 atom stereocenters. The molecular formula is C20H26N4O4S. The van der Waals surface area contributed by atoms with Gasteiger partial charge in [0.05, 0.1) is 35.2 Å². The molecule has 156 valence electrons. The summed E-state index contributed by atoms with van der Waals surface area (Å²) in [6, 6.07) is 3.58. The summed E-state index contributed by atoms with van der Waals surface area (Å²) in [5.74, 6) is -1.40. The van der Waals surface area contributed by atoms with E-state index in [1.54, 1.807) is 23.2 Å². The smallest absolute Gasteiger partial charge is 0.256 e. The van der Waals surface area contributed by atoms with Gasteiger partial charge < -0.3 is 10.2 Å². The molecule has 2 fully saturated rings. The normalized spacial score (nSPS) is 24.3. The largest absolute Gasteiger partial charge is 0.325 e. The van der Waals surface area contributed by atoms with Crippen LogP contribution in [0.1, 0.15) is 42.7 Å². The highest BCUT2D eigenvalue weighted by Gasteiger charge is 2.54. The summed E-state index contributed by atoms with van der Waals surface area (Å²) in [5, 5.41) is 3.38. The Balaban J connectivity index is 1.56. The number of amides is 2. The Labute approximate surface area is 171 Å². The van der Waals surface area contributed by atoms with Crippen molar-refractivity contribution in [2.24, 2.45) is 11.8 Å². The molecule has 8 nitrogen and oxygen atoms in total. The lowest BCUT2D eigenvalue weighted by molar-refractivity contribution is -0.128. The quantitative estimate of drug-likeness (QED) is 0.743. The number of carbonyl (C=O) groups is 2. The molecule has 0 spiro atoms. The summed E-state index contributed by atoms with van der Waals surface area (Å²) in [6.07, 6.45) is 6.64. The average molecular weight is 419 g/mol. The molecule has 0 unspecified atom stereocenters. The highest BCUT2D eigenvalue weighted by atomic mass is 32.2. The lowest BCUT2D eigenvalue weighted by Crippen LogP contribution is -2.43. The molecule has 3 heterocycles. The number of hydrogen-bond donors (Lipinski definition) is 1. The minimum atomic E-state index is -3.74. The number of nitrogens with one attached hydrogen (secondary N) is 1. The average Bonchev–Trinajstić information content (AvgIpc) is 3.31. The molecule has 3 aliphatic rings. The van der Waals surface area contributed by atoms with E-state index in [0.29, 0.717) is 23.8 Å². The molecule has 9 heteroatoms. The van der Waals surface area contributed by atoms with Crippen LogP contribution in [0.5, 0.6) is 0 Å². The number of pyridine rings is 1. The van der Waals surface area contributed by atoms with E-state index in [4.69, 9.17) is 0 Å². The second kappa shape index (κ2) is 7.21. The molecule has 1 aliphatic carbocycles. The van der Waals surface area contributed by atoms with Crippen LogP contribution in [0, 0.1) is 11.8 Å². The number of fused-ring (bicyclic) bond motifs is 1. The third-order valence-corrected chi connectivity index (χ3v) is 6.78. The number of sulfonamides is 1. The van der Waals surface area contributed by atoms with Gasteiger partial charge in [-0.25, -0.2) is 12.7 Å². The fourth-order valence-electron chi connectivity index (χ4n) is 4.14. The van der Waals surface area contributed by atoms with Gasteiger partial charge in [-0.2, -0.15) is 0 Å². The van der Waals surface area contributed by atoms with Gasteiger partial charge in [0, 0.05) is 25.3 Å². The second-order valence-electron chi connectivity index (χ2n) is 8.36. The van der Waals surface area contributed by atoms with Crippen molar-refractivity contribution in [2.75, 3.05) is 12.8 Å². The Hall–Kier alpha value is -2.26. The van der Waals surface area contributed by atoms with Gasteiger partial charge in [0.25, 0.3) is 5.91 Å². The van der Waals surface area contributed by atoms with Crippen molar-refractivity contribution in [3.05, 3.63) is 41.4 Å². The summed E-state index contributed by atoms with van der Waals surface area (Å²) < 4.78 is 25.3. The van der Waals surface area contributed by atoms with E-state index in [1.807, 2.05) is 19.9 Å². The lowest BCUT2D eigenvalue weighted by atomic mass is 9.89. The maximum atomic E-state index is 13.2. The van der Waals surface area contributed by atoms with Crippen LogP contribution in [0.15, 0.2) is 30.1 Å². The second-order valence-corrected chi connectivity index (χ2v) is 10.2. The van der Waals surface area contributed by atoms with E-state index in [0.717, 1.165) is 16.3 Å². The molecule has 2 amide bonds. The lowest BCUT2D eigenvalue weighted by Gasteiger charge is -2.28. The minimum Gasteiger partial charge on any atom is -0.325 e. The maximum absolute atomic E-state index is 13.2. The van der Waals surface area contributed by atoms with Crippen molar-refractivity contribution in [1.29, 1.82) is 0 Å². The first-order valence-corrected chi connectivity index (χ1v) is 11.8. The van der Waals surface area contributed by atoms with Crippen LogP contribution in [0.2, 0.25) is 0 Å². The topological polar surface area (TPSA) is 99.7 Å². The molecule has 2 aliphatic heterocycles. The molecule has 1 aromatic heterocycles. The molecule has 4 rings (SSSR count). The molecular weight excluding hydrogens is 392 g/mol. The predicted octanol–water partition coefficient (Wildman–Crippen LogP) is 1.12. The van der Waals surface area contributed by atoms with Crippen LogP contribution in [0.25, 0.3) is 0 Å². The van der Waals surface area contributed by atoms with Gasteiger partial charge in [-0.15, -0.1) is 0 Å². The zero-order valence-corrected chi connectivity index (χ0v) is 17.6. The molecule has 0 bridgehead atoms. The third-order valence-electron chi connectivity index (χ3n) is 5.73. The van der Waals surface area contributed by atoms with Gasteiger partial charge in [-0.05, 0) is 37.0 Å². The maximum Gasteiger partial charge on any atom is 0.256 e. The summed E-state index contributed by atoms with van der Waals surface area (Å²) in [6.45, 7) is 4.68. The van der Waals surface area contributed by atoms with E-state index in [2.05, 4.69) is 10.3 Å². The number of carbonyl (C=O) groups excluding carboxylic acids is 2. The van der Waals surface area contributed by atoms with Crippen molar-refractivity contribution < 1.29 is 18.0 Å².